The molecule has 49 heavy (non-hydrogen) atoms. The van der Waals surface area contributed by atoms with Crippen molar-refractivity contribution < 1.29 is 15.0 Å². The monoisotopic (exact) mass is 689 g/mol. The Kier molecular flexibility index (Phi) is 12.2. The maximum absolute atomic E-state index is 11.5. The summed E-state index contributed by atoms with van der Waals surface area (Å²) in [5.74, 6) is 0.122. The van der Waals surface area contributed by atoms with Crippen molar-refractivity contribution in [2.45, 2.75) is 56.8 Å². The van der Waals surface area contributed by atoms with E-state index in [0.29, 0.717) is 5.02 Å². The third kappa shape index (κ3) is 10.7. The lowest BCUT2D eigenvalue weighted by Crippen LogP contribution is -2.18. The Hall–Kier alpha value is -4.16. The number of carbonyl (C=O) groups is 1. The van der Waals surface area contributed by atoms with E-state index in [1.165, 1.54) is 11.1 Å². The molecule has 252 valence electrons. The average Bonchev–Trinajstić information content (AvgIpc) is 3.86. The van der Waals surface area contributed by atoms with Crippen molar-refractivity contribution in [1.82, 2.24) is 4.98 Å². The summed E-state index contributed by atoms with van der Waals surface area (Å²) in [5.41, 5.74) is 6.33. The SMILES string of the molecule is C=Cc1ccccc1.CC(C)(O)c1ccccc1CC[C@@H](SCC1(CC(=O)O)CC1)c1cccc(/C=C/c2ccc3ccc(Cl)cc3n2)c1. The van der Waals surface area contributed by atoms with Crippen molar-refractivity contribution in [3.8, 4) is 0 Å². The molecule has 0 saturated heterocycles. The van der Waals surface area contributed by atoms with Crippen LogP contribution in [0.15, 0.2) is 116 Å². The zero-order valence-corrected chi connectivity index (χ0v) is 29.8. The molecule has 1 fully saturated rings. The molecule has 1 aliphatic carbocycles. The summed E-state index contributed by atoms with van der Waals surface area (Å²) in [6.07, 6.45) is 9.85. The third-order valence-electron chi connectivity index (χ3n) is 8.87. The van der Waals surface area contributed by atoms with Gasteiger partial charge in [0.25, 0.3) is 0 Å². The van der Waals surface area contributed by atoms with Crippen molar-refractivity contribution in [2.75, 3.05) is 5.75 Å². The number of nitrogens with zero attached hydrogens (tertiary/aromatic N) is 1. The van der Waals surface area contributed by atoms with Gasteiger partial charge in [0.15, 0.2) is 0 Å². The minimum absolute atomic E-state index is 0.0814. The van der Waals surface area contributed by atoms with Crippen LogP contribution in [0.3, 0.4) is 0 Å². The average molecular weight is 690 g/mol. The molecule has 4 aromatic carbocycles. The highest BCUT2D eigenvalue weighted by atomic mass is 35.5. The fraction of sp³-hybridized carbons (Fsp3) is 0.256. The second kappa shape index (κ2) is 16.5. The van der Waals surface area contributed by atoms with Crippen LogP contribution in [0.2, 0.25) is 5.02 Å². The number of rotatable bonds is 13. The molecule has 6 heteroatoms. The fourth-order valence-corrected chi connectivity index (χ4v) is 7.68. The Morgan fingerprint density at radius 1 is 0.939 bits per heavy atom. The molecule has 0 aliphatic heterocycles. The molecule has 0 amide bonds. The quantitative estimate of drug-likeness (QED) is 0.129. The number of hydrogen-bond acceptors (Lipinski definition) is 4. The highest BCUT2D eigenvalue weighted by Gasteiger charge is 2.44. The van der Waals surface area contributed by atoms with Gasteiger partial charge < -0.3 is 10.2 Å². The molecule has 4 nitrogen and oxygen atoms in total. The van der Waals surface area contributed by atoms with Crippen LogP contribution in [-0.2, 0) is 16.8 Å². The number of thioether (sulfide) groups is 1. The summed E-state index contributed by atoms with van der Waals surface area (Å²) in [4.78, 5) is 16.2. The van der Waals surface area contributed by atoms with E-state index >= 15 is 0 Å². The van der Waals surface area contributed by atoms with Crippen LogP contribution >= 0.6 is 23.4 Å². The minimum Gasteiger partial charge on any atom is -0.481 e. The van der Waals surface area contributed by atoms with Gasteiger partial charge in [-0.3, -0.25) is 4.79 Å². The van der Waals surface area contributed by atoms with Crippen molar-refractivity contribution in [3.63, 3.8) is 0 Å². The molecule has 6 rings (SSSR count). The van der Waals surface area contributed by atoms with Gasteiger partial charge in [-0.05, 0) is 97.0 Å². The van der Waals surface area contributed by atoms with E-state index in [-0.39, 0.29) is 17.1 Å². The Bertz CT molecular complexity index is 1910. The van der Waals surface area contributed by atoms with E-state index in [9.17, 15) is 15.0 Å². The van der Waals surface area contributed by atoms with Crippen molar-refractivity contribution in [3.05, 3.63) is 154 Å². The first-order chi connectivity index (χ1) is 23.5. The van der Waals surface area contributed by atoms with Gasteiger partial charge in [0, 0.05) is 21.4 Å². The molecule has 1 aromatic heterocycles. The van der Waals surface area contributed by atoms with Crippen LogP contribution in [0, 0.1) is 5.41 Å². The number of benzene rings is 4. The highest BCUT2D eigenvalue weighted by Crippen LogP contribution is 2.53. The summed E-state index contributed by atoms with van der Waals surface area (Å²) >= 11 is 8.04. The van der Waals surface area contributed by atoms with Gasteiger partial charge in [-0.1, -0.05) is 121 Å². The fourth-order valence-electron chi connectivity index (χ4n) is 5.95. The number of aliphatic carboxylic acids is 1. The maximum atomic E-state index is 11.5. The number of aliphatic hydroxyl groups is 1. The van der Waals surface area contributed by atoms with Gasteiger partial charge >= 0.3 is 5.97 Å². The van der Waals surface area contributed by atoms with Crippen LogP contribution in [0.1, 0.15) is 78.3 Å². The molecule has 0 bridgehead atoms. The lowest BCUT2D eigenvalue weighted by molar-refractivity contribution is -0.138. The molecular formula is C43H44ClNO3S. The molecule has 0 radical (unpaired) electrons. The predicted molar refractivity (Wildman–Crippen MR) is 208 cm³/mol. The van der Waals surface area contributed by atoms with Crippen LogP contribution in [0.4, 0.5) is 0 Å². The number of fused-ring (bicyclic) bond motifs is 1. The molecule has 1 saturated carbocycles. The number of aryl methyl sites for hydroxylation is 1. The number of pyridine rings is 1. The van der Waals surface area contributed by atoms with Crippen LogP contribution in [0.5, 0.6) is 0 Å². The minimum atomic E-state index is -0.911. The van der Waals surface area contributed by atoms with Crippen molar-refractivity contribution >= 4 is 58.5 Å². The summed E-state index contributed by atoms with van der Waals surface area (Å²) in [7, 11) is 0. The van der Waals surface area contributed by atoms with Crippen molar-refractivity contribution in [1.29, 1.82) is 0 Å². The molecule has 0 spiro atoms. The van der Waals surface area contributed by atoms with Gasteiger partial charge in [-0.2, -0.15) is 11.8 Å². The van der Waals surface area contributed by atoms with Gasteiger partial charge in [0.05, 0.1) is 23.2 Å². The standard InChI is InChI=1S/C35H36ClNO3S.C8H8/c1-34(2,40)30-9-4-3-7-25(30)13-17-32(41-23-35(18-19-35)22-33(38)39)27-8-5-6-24(20-27)10-15-29-16-12-26-11-14-28(36)21-31(26)37-29;1-2-8-6-4-3-5-7-8/h3-12,14-16,20-21,32,40H,13,17-19,22-23H2,1-2H3,(H,38,39);2-7H,1H2/b15-10+;/t32-;/m1./s1. The molecular weight excluding hydrogens is 646 g/mol. The highest BCUT2D eigenvalue weighted by molar-refractivity contribution is 7.99. The normalized spacial score (nSPS) is 14.2. The third-order valence-corrected chi connectivity index (χ3v) is 10.8. The summed E-state index contributed by atoms with van der Waals surface area (Å²) in [6, 6.07) is 36.5. The number of carboxylic acids is 1. The number of aromatic nitrogens is 1. The summed E-state index contributed by atoms with van der Waals surface area (Å²) < 4.78 is 0. The van der Waals surface area contributed by atoms with E-state index in [0.717, 1.165) is 64.7 Å². The van der Waals surface area contributed by atoms with Crippen LogP contribution < -0.4 is 0 Å². The van der Waals surface area contributed by atoms with Gasteiger partial charge in [0.2, 0.25) is 0 Å². The van der Waals surface area contributed by atoms with Gasteiger partial charge in [-0.25, -0.2) is 4.98 Å². The molecule has 1 heterocycles. The second-order valence-electron chi connectivity index (χ2n) is 13.3. The Morgan fingerprint density at radius 2 is 1.65 bits per heavy atom. The lowest BCUT2D eigenvalue weighted by atomic mass is 9.90. The Labute approximate surface area is 299 Å². The van der Waals surface area contributed by atoms with Crippen molar-refractivity contribution in [2.24, 2.45) is 5.41 Å². The Morgan fingerprint density at radius 3 is 2.35 bits per heavy atom. The first-order valence-electron chi connectivity index (χ1n) is 16.7. The van der Waals surface area contributed by atoms with E-state index in [1.54, 1.807) is 0 Å². The zero-order chi connectivity index (χ0) is 34.9. The van der Waals surface area contributed by atoms with E-state index in [1.807, 2.05) is 111 Å². The molecule has 1 aliphatic rings. The largest absolute Gasteiger partial charge is 0.481 e. The van der Waals surface area contributed by atoms with E-state index in [2.05, 4.69) is 49.1 Å². The van der Waals surface area contributed by atoms with Crippen LogP contribution in [0.25, 0.3) is 29.1 Å². The topological polar surface area (TPSA) is 70.4 Å². The maximum Gasteiger partial charge on any atom is 0.303 e. The molecule has 2 N–H and O–H groups in total. The number of halogens is 1. The summed E-state index contributed by atoms with van der Waals surface area (Å²) in [6.45, 7) is 7.29. The van der Waals surface area contributed by atoms with Gasteiger partial charge in [0.1, 0.15) is 0 Å². The lowest BCUT2D eigenvalue weighted by Gasteiger charge is -2.24. The zero-order valence-electron chi connectivity index (χ0n) is 28.2. The molecule has 1 atom stereocenters. The first-order valence-corrected chi connectivity index (χ1v) is 18.1. The summed E-state index contributed by atoms with van der Waals surface area (Å²) in [5, 5.41) is 22.1. The van der Waals surface area contributed by atoms with Gasteiger partial charge in [-0.15, -0.1) is 0 Å². The Balaban J connectivity index is 0.000000514. The molecule has 0 unspecified atom stereocenters. The smallest absolute Gasteiger partial charge is 0.303 e. The van der Waals surface area contributed by atoms with E-state index < -0.39 is 11.6 Å². The predicted octanol–water partition coefficient (Wildman–Crippen LogP) is 11.3. The number of carboxylic acid groups (broad SMARTS) is 1. The number of hydrogen-bond donors (Lipinski definition) is 2. The van der Waals surface area contributed by atoms with E-state index in [4.69, 9.17) is 16.6 Å². The molecule has 5 aromatic rings. The second-order valence-corrected chi connectivity index (χ2v) is 14.9. The first kappa shape index (κ1) is 36.1. The van der Waals surface area contributed by atoms with Crippen LogP contribution in [-0.4, -0.2) is 26.9 Å².